The van der Waals surface area contributed by atoms with Crippen molar-refractivity contribution in [2.45, 2.75) is 31.3 Å². The number of nitrogens with one attached hydrogen (secondary N) is 1. The first-order chi connectivity index (χ1) is 11.9. The van der Waals surface area contributed by atoms with Crippen molar-refractivity contribution in [3.63, 3.8) is 0 Å². The van der Waals surface area contributed by atoms with Crippen LogP contribution in [-0.2, 0) is 13.0 Å². The van der Waals surface area contributed by atoms with E-state index in [4.69, 9.17) is 0 Å². The second kappa shape index (κ2) is 7.02. The first-order valence-corrected chi connectivity index (χ1v) is 8.80. The first kappa shape index (κ1) is 15.2. The molecule has 0 saturated heterocycles. The van der Waals surface area contributed by atoms with Gasteiger partial charge in [0.15, 0.2) is 0 Å². The number of benzene rings is 3. The summed E-state index contributed by atoms with van der Waals surface area (Å²) in [6, 6.07) is 31.1. The molecular formula is C23H23N. The van der Waals surface area contributed by atoms with Crippen molar-refractivity contribution < 1.29 is 0 Å². The SMILES string of the molecule is c1ccc(CNC2Cc3ccccc3C(c3ccccc3)C2)cc1. The van der Waals surface area contributed by atoms with E-state index in [0.29, 0.717) is 12.0 Å². The average molecular weight is 313 g/mol. The molecule has 120 valence electrons. The molecule has 1 aliphatic rings. The van der Waals surface area contributed by atoms with Gasteiger partial charge < -0.3 is 5.32 Å². The smallest absolute Gasteiger partial charge is 0.0208 e. The van der Waals surface area contributed by atoms with Gasteiger partial charge in [-0.25, -0.2) is 0 Å². The van der Waals surface area contributed by atoms with Gasteiger partial charge in [-0.3, -0.25) is 0 Å². The van der Waals surface area contributed by atoms with Crippen molar-refractivity contribution >= 4 is 0 Å². The molecule has 1 nitrogen and oxygen atoms in total. The quantitative estimate of drug-likeness (QED) is 0.720. The lowest BCUT2D eigenvalue weighted by Gasteiger charge is -2.32. The zero-order valence-electron chi connectivity index (χ0n) is 13.9. The molecule has 1 heteroatoms. The molecule has 0 aromatic heterocycles. The van der Waals surface area contributed by atoms with Crippen molar-refractivity contribution in [3.8, 4) is 0 Å². The molecule has 0 fully saturated rings. The Bertz CT molecular complexity index is 779. The maximum Gasteiger partial charge on any atom is 0.0208 e. The number of hydrogen-bond acceptors (Lipinski definition) is 1. The van der Waals surface area contributed by atoms with Crippen LogP contribution < -0.4 is 5.32 Å². The maximum atomic E-state index is 3.78. The monoisotopic (exact) mass is 313 g/mol. The largest absolute Gasteiger partial charge is 0.310 e. The van der Waals surface area contributed by atoms with Crippen LogP contribution in [0.25, 0.3) is 0 Å². The van der Waals surface area contributed by atoms with Crippen LogP contribution in [0.4, 0.5) is 0 Å². The molecule has 0 saturated carbocycles. The van der Waals surface area contributed by atoms with Crippen molar-refractivity contribution in [2.75, 3.05) is 0 Å². The lowest BCUT2D eigenvalue weighted by atomic mass is 9.76. The van der Waals surface area contributed by atoms with Crippen LogP contribution in [0.2, 0.25) is 0 Å². The molecule has 0 bridgehead atoms. The van der Waals surface area contributed by atoms with E-state index in [2.05, 4.69) is 90.2 Å². The third kappa shape index (κ3) is 3.27. The van der Waals surface area contributed by atoms with Gasteiger partial charge in [-0.15, -0.1) is 0 Å². The van der Waals surface area contributed by atoms with Gasteiger partial charge in [0.25, 0.3) is 0 Å². The molecule has 0 spiro atoms. The Morgan fingerprint density at radius 2 is 1.42 bits per heavy atom. The Balaban J connectivity index is 1.56. The zero-order valence-corrected chi connectivity index (χ0v) is 13.9. The van der Waals surface area contributed by atoms with E-state index in [-0.39, 0.29) is 0 Å². The number of hydrogen-bond donors (Lipinski definition) is 1. The Kier molecular flexibility index (Phi) is 4.44. The molecular weight excluding hydrogens is 290 g/mol. The van der Waals surface area contributed by atoms with E-state index in [1.165, 1.54) is 22.3 Å². The Labute approximate surface area is 144 Å². The van der Waals surface area contributed by atoms with Gasteiger partial charge in [-0.2, -0.15) is 0 Å². The third-order valence-corrected chi connectivity index (χ3v) is 5.06. The van der Waals surface area contributed by atoms with E-state index in [1.54, 1.807) is 0 Å². The molecule has 3 aromatic carbocycles. The molecule has 2 atom stereocenters. The highest BCUT2D eigenvalue weighted by Crippen LogP contribution is 2.36. The predicted octanol–water partition coefficient (Wildman–Crippen LogP) is 4.92. The fourth-order valence-electron chi connectivity index (χ4n) is 3.83. The van der Waals surface area contributed by atoms with Crippen molar-refractivity contribution in [3.05, 3.63) is 107 Å². The third-order valence-electron chi connectivity index (χ3n) is 5.06. The lowest BCUT2D eigenvalue weighted by molar-refractivity contribution is 0.433. The minimum Gasteiger partial charge on any atom is -0.310 e. The van der Waals surface area contributed by atoms with Gasteiger partial charge in [-0.1, -0.05) is 84.9 Å². The molecule has 0 amide bonds. The van der Waals surface area contributed by atoms with E-state index in [0.717, 1.165) is 19.4 Å². The van der Waals surface area contributed by atoms with Gasteiger partial charge in [0, 0.05) is 18.5 Å². The normalized spacial score (nSPS) is 19.7. The van der Waals surface area contributed by atoms with Crippen molar-refractivity contribution in [1.29, 1.82) is 0 Å². The van der Waals surface area contributed by atoms with Crippen LogP contribution in [0.1, 0.15) is 34.6 Å². The molecule has 1 N–H and O–H groups in total. The molecule has 2 unspecified atom stereocenters. The highest BCUT2D eigenvalue weighted by Gasteiger charge is 2.27. The standard InChI is InChI=1S/C23H23N/c1-3-9-18(10-4-1)17-24-21-15-20-13-7-8-14-22(20)23(16-21)19-11-5-2-6-12-19/h1-14,21,23-24H,15-17H2. The lowest BCUT2D eigenvalue weighted by Crippen LogP contribution is -2.36. The minimum atomic E-state index is 0.490. The number of fused-ring (bicyclic) bond motifs is 1. The van der Waals surface area contributed by atoms with Crippen LogP contribution in [0.5, 0.6) is 0 Å². The highest BCUT2D eigenvalue weighted by molar-refractivity contribution is 5.41. The van der Waals surface area contributed by atoms with E-state index in [1.807, 2.05) is 0 Å². The Hall–Kier alpha value is -2.38. The summed E-state index contributed by atoms with van der Waals surface area (Å²) in [7, 11) is 0. The second-order valence-electron chi connectivity index (χ2n) is 6.67. The van der Waals surface area contributed by atoms with Crippen LogP contribution >= 0.6 is 0 Å². The first-order valence-electron chi connectivity index (χ1n) is 8.80. The van der Waals surface area contributed by atoms with Crippen LogP contribution in [0.3, 0.4) is 0 Å². The Morgan fingerprint density at radius 3 is 2.21 bits per heavy atom. The van der Waals surface area contributed by atoms with Gasteiger partial charge in [0.1, 0.15) is 0 Å². The maximum absolute atomic E-state index is 3.78. The molecule has 3 aromatic rings. The predicted molar refractivity (Wildman–Crippen MR) is 100 cm³/mol. The summed E-state index contributed by atoms with van der Waals surface area (Å²) in [5, 5.41) is 3.78. The van der Waals surface area contributed by atoms with Crippen LogP contribution in [0, 0.1) is 0 Å². The van der Waals surface area contributed by atoms with Crippen molar-refractivity contribution in [1.82, 2.24) is 5.32 Å². The minimum absolute atomic E-state index is 0.490. The fourth-order valence-corrected chi connectivity index (χ4v) is 3.83. The summed E-state index contributed by atoms with van der Waals surface area (Å²) >= 11 is 0. The summed E-state index contributed by atoms with van der Waals surface area (Å²) in [5.74, 6) is 0.490. The van der Waals surface area contributed by atoms with Crippen molar-refractivity contribution in [2.24, 2.45) is 0 Å². The van der Waals surface area contributed by atoms with Crippen LogP contribution in [0.15, 0.2) is 84.9 Å². The summed E-state index contributed by atoms with van der Waals surface area (Å²) < 4.78 is 0. The summed E-state index contributed by atoms with van der Waals surface area (Å²) in [6.45, 7) is 0.940. The summed E-state index contributed by atoms with van der Waals surface area (Å²) in [6.07, 6.45) is 2.28. The fraction of sp³-hybridized carbons (Fsp3) is 0.217. The molecule has 0 radical (unpaired) electrons. The molecule has 4 rings (SSSR count). The molecule has 0 aliphatic heterocycles. The topological polar surface area (TPSA) is 12.0 Å². The number of rotatable bonds is 4. The van der Waals surface area contributed by atoms with E-state index >= 15 is 0 Å². The Morgan fingerprint density at radius 1 is 0.750 bits per heavy atom. The van der Waals surface area contributed by atoms with Gasteiger partial charge in [0.2, 0.25) is 0 Å². The molecule has 0 heterocycles. The highest BCUT2D eigenvalue weighted by atomic mass is 14.9. The summed E-state index contributed by atoms with van der Waals surface area (Å²) in [5.41, 5.74) is 5.77. The second-order valence-corrected chi connectivity index (χ2v) is 6.67. The molecule has 1 aliphatic carbocycles. The van der Waals surface area contributed by atoms with Gasteiger partial charge >= 0.3 is 0 Å². The van der Waals surface area contributed by atoms with Gasteiger partial charge in [-0.05, 0) is 35.1 Å². The average Bonchev–Trinajstić information content (AvgIpc) is 2.67. The van der Waals surface area contributed by atoms with E-state index in [9.17, 15) is 0 Å². The van der Waals surface area contributed by atoms with E-state index < -0.39 is 0 Å². The summed E-state index contributed by atoms with van der Waals surface area (Å²) in [4.78, 5) is 0. The molecule has 24 heavy (non-hydrogen) atoms. The van der Waals surface area contributed by atoms with Gasteiger partial charge in [0.05, 0.1) is 0 Å². The zero-order chi connectivity index (χ0) is 16.2. The van der Waals surface area contributed by atoms with Crippen LogP contribution in [-0.4, -0.2) is 6.04 Å².